The highest BCUT2D eigenvalue weighted by atomic mass is 16.5. The van der Waals surface area contributed by atoms with Crippen LogP contribution >= 0.6 is 0 Å². The Morgan fingerprint density at radius 2 is 2.19 bits per heavy atom. The van der Waals surface area contributed by atoms with Crippen molar-refractivity contribution in [1.82, 2.24) is 9.88 Å². The second-order valence-electron chi connectivity index (χ2n) is 9.45. The number of hydrogen-bond donors (Lipinski definition) is 3. The van der Waals surface area contributed by atoms with E-state index in [1.54, 1.807) is 11.1 Å². The molecule has 3 fully saturated rings. The zero-order chi connectivity index (χ0) is 22.9. The van der Waals surface area contributed by atoms with E-state index in [0.29, 0.717) is 31.7 Å². The number of aromatic nitrogens is 1. The molecule has 176 valence electrons. The lowest BCUT2D eigenvalue weighted by Gasteiger charge is -2.52. The van der Waals surface area contributed by atoms with Gasteiger partial charge in [-0.25, -0.2) is 14.6 Å². The number of aliphatic hydroxyl groups excluding tert-OH is 1. The number of rotatable bonds is 5. The van der Waals surface area contributed by atoms with Gasteiger partial charge in [0.05, 0.1) is 30.1 Å². The topological polar surface area (TPSA) is 115 Å². The third-order valence-corrected chi connectivity index (χ3v) is 7.31. The molecule has 0 saturated carbocycles. The van der Waals surface area contributed by atoms with Crippen LogP contribution in [0.1, 0.15) is 57.4 Å². The zero-order valence-electron chi connectivity index (χ0n) is 18.9. The van der Waals surface area contributed by atoms with Crippen LogP contribution in [0.3, 0.4) is 0 Å². The van der Waals surface area contributed by atoms with E-state index in [2.05, 4.69) is 15.2 Å². The van der Waals surface area contributed by atoms with Crippen molar-refractivity contribution in [3.8, 4) is 0 Å². The van der Waals surface area contributed by atoms with Gasteiger partial charge in [-0.1, -0.05) is 6.92 Å². The van der Waals surface area contributed by atoms with Crippen molar-refractivity contribution in [3.63, 3.8) is 0 Å². The molecule has 9 heteroatoms. The van der Waals surface area contributed by atoms with Gasteiger partial charge < -0.3 is 19.8 Å². The molecular weight excluding hydrogens is 412 g/mol. The minimum Gasteiger partial charge on any atom is -0.465 e. The molecule has 3 saturated heterocycles. The number of nitrogens with zero attached hydrogens (tertiary/aromatic N) is 3. The van der Waals surface area contributed by atoms with Crippen molar-refractivity contribution in [1.29, 1.82) is 0 Å². The van der Waals surface area contributed by atoms with Crippen LogP contribution in [0.25, 0.3) is 0 Å². The van der Waals surface area contributed by atoms with Gasteiger partial charge in [-0.05, 0) is 63.5 Å². The van der Waals surface area contributed by atoms with E-state index in [9.17, 15) is 19.8 Å². The van der Waals surface area contributed by atoms with Crippen molar-refractivity contribution in [2.45, 2.75) is 76.5 Å². The summed E-state index contributed by atoms with van der Waals surface area (Å²) in [4.78, 5) is 32.5. The molecule has 1 aromatic rings. The molecule has 9 nitrogen and oxygen atoms in total. The molecular formula is C23H34N4O5. The molecule has 0 aromatic carbocycles. The number of carbonyl (C=O) groups is 2. The molecule has 2 bridgehead atoms. The molecule has 3 N–H and O–H groups in total. The van der Waals surface area contributed by atoms with Crippen LogP contribution < -0.4 is 10.2 Å². The first-order valence-electron chi connectivity index (χ1n) is 11.7. The Kier molecular flexibility index (Phi) is 6.46. The lowest BCUT2D eigenvalue weighted by Crippen LogP contribution is -2.62. The summed E-state index contributed by atoms with van der Waals surface area (Å²) in [6, 6.07) is 1.81. The van der Waals surface area contributed by atoms with Crippen molar-refractivity contribution < 1.29 is 24.5 Å². The summed E-state index contributed by atoms with van der Waals surface area (Å²) >= 11 is 0. The van der Waals surface area contributed by atoms with Gasteiger partial charge in [0.1, 0.15) is 5.82 Å². The van der Waals surface area contributed by atoms with Crippen molar-refractivity contribution in [2.24, 2.45) is 5.92 Å². The highest BCUT2D eigenvalue weighted by Gasteiger charge is 2.57. The number of nitrogens with one attached hydrogen (secondary N) is 1. The largest absolute Gasteiger partial charge is 0.465 e. The third-order valence-electron chi connectivity index (χ3n) is 7.31. The van der Waals surface area contributed by atoms with Crippen LogP contribution in [-0.4, -0.2) is 69.7 Å². The average molecular weight is 447 g/mol. The molecule has 4 atom stereocenters. The lowest BCUT2D eigenvalue weighted by atomic mass is 9.72. The lowest BCUT2D eigenvalue weighted by molar-refractivity contribution is -0.0390. The Morgan fingerprint density at radius 1 is 1.38 bits per heavy atom. The molecule has 0 spiro atoms. The van der Waals surface area contributed by atoms with Crippen LogP contribution in [0.2, 0.25) is 0 Å². The smallest absolute Gasteiger partial charge is 0.411 e. The average Bonchev–Trinajstić information content (AvgIpc) is 3.02. The number of piperidine rings is 2. The molecule has 0 radical (unpaired) electrons. The first-order valence-corrected chi connectivity index (χ1v) is 11.7. The number of aliphatic hydroxyl groups is 1. The Labute approximate surface area is 188 Å². The first-order chi connectivity index (χ1) is 15.3. The summed E-state index contributed by atoms with van der Waals surface area (Å²) in [6.07, 6.45) is 5.20. The van der Waals surface area contributed by atoms with Gasteiger partial charge in [-0.2, -0.15) is 0 Å². The molecule has 0 aliphatic carbocycles. The number of carbonyl (C=O) groups excluding carboxylic acids is 1. The molecule has 4 rings (SSSR count). The quantitative estimate of drug-likeness (QED) is 0.633. The van der Waals surface area contributed by atoms with Crippen LogP contribution in [0.15, 0.2) is 12.3 Å². The Bertz CT molecular complexity index is 865. The van der Waals surface area contributed by atoms with Gasteiger partial charge in [0, 0.05) is 25.0 Å². The number of carboxylic acid groups (broad SMARTS) is 1. The van der Waals surface area contributed by atoms with Crippen molar-refractivity contribution in [2.75, 3.05) is 29.9 Å². The number of anilines is 2. The summed E-state index contributed by atoms with van der Waals surface area (Å²) in [5.41, 5.74) is 1.04. The van der Waals surface area contributed by atoms with Gasteiger partial charge in [0.25, 0.3) is 0 Å². The fourth-order valence-corrected chi connectivity index (χ4v) is 6.10. The molecule has 1 aromatic heterocycles. The summed E-state index contributed by atoms with van der Waals surface area (Å²) < 4.78 is 5.07. The zero-order valence-corrected chi connectivity index (χ0v) is 18.9. The highest BCUT2D eigenvalue weighted by molar-refractivity contribution is 5.84. The van der Waals surface area contributed by atoms with E-state index in [1.807, 2.05) is 19.9 Å². The van der Waals surface area contributed by atoms with Crippen LogP contribution in [0, 0.1) is 12.8 Å². The number of ether oxygens (including phenoxy) is 1. The molecule has 4 unspecified atom stereocenters. The fourth-order valence-electron chi connectivity index (χ4n) is 6.10. The maximum Gasteiger partial charge on any atom is 0.411 e. The first kappa shape index (κ1) is 22.6. The number of fused-ring (bicyclic) bond motifs is 2. The van der Waals surface area contributed by atoms with E-state index in [4.69, 9.17) is 4.74 Å². The Morgan fingerprint density at radius 3 is 2.91 bits per heavy atom. The maximum atomic E-state index is 12.1. The Balaban J connectivity index is 1.50. The van der Waals surface area contributed by atoms with E-state index in [-0.39, 0.29) is 12.0 Å². The SMILES string of the molecule is CCCOC(=O)Nc1cnc(N2CCCC(C34CCC(CC(O)C3)N4C(=O)O)C2)c(C)c1. The summed E-state index contributed by atoms with van der Waals surface area (Å²) in [6.45, 7) is 5.84. The van der Waals surface area contributed by atoms with E-state index < -0.39 is 23.8 Å². The Hall–Kier alpha value is -2.55. The normalized spacial score (nSPS) is 29.7. The van der Waals surface area contributed by atoms with Gasteiger partial charge in [0.15, 0.2) is 0 Å². The molecule has 32 heavy (non-hydrogen) atoms. The van der Waals surface area contributed by atoms with Gasteiger partial charge in [0.2, 0.25) is 0 Å². The third kappa shape index (κ3) is 4.22. The van der Waals surface area contributed by atoms with Crippen molar-refractivity contribution in [3.05, 3.63) is 17.8 Å². The second kappa shape index (κ2) is 9.13. The predicted molar refractivity (Wildman–Crippen MR) is 120 cm³/mol. The van der Waals surface area contributed by atoms with E-state index in [1.165, 1.54) is 0 Å². The summed E-state index contributed by atoms with van der Waals surface area (Å²) in [5.74, 6) is 1.00. The number of pyridine rings is 1. The monoisotopic (exact) mass is 446 g/mol. The van der Waals surface area contributed by atoms with Crippen molar-refractivity contribution >= 4 is 23.7 Å². The van der Waals surface area contributed by atoms with Crippen LogP contribution in [0.5, 0.6) is 0 Å². The molecule has 4 heterocycles. The van der Waals surface area contributed by atoms with E-state index >= 15 is 0 Å². The van der Waals surface area contributed by atoms with Crippen LogP contribution in [-0.2, 0) is 4.74 Å². The summed E-state index contributed by atoms with van der Waals surface area (Å²) in [7, 11) is 0. The van der Waals surface area contributed by atoms with Gasteiger partial charge in [-0.3, -0.25) is 10.2 Å². The van der Waals surface area contributed by atoms with Crippen LogP contribution in [0.4, 0.5) is 21.1 Å². The predicted octanol–water partition coefficient (Wildman–Crippen LogP) is 3.60. The maximum absolute atomic E-state index is 12.1. The molecule has 2 amide bonds. The molecule has 3 aliphatic rings. The minimum atomic E-state index is -0.865. The highest BCUT2D eigenvalue weighted by Crippen LogP contribution is 2.50. The minimum absolute atomic E-state index is 0.0793. The van der Waals surface area contributed by atoms with E-state index in [0.717, 1.165) is 50.0 Å². The second-order valence-corrected chi connectivity index (χ2v) is 9.45. The number of aryl methyl sites for hydroxylation is 1. The standard InChI is InChI=1S/C23H34N4O5/c1-3-9-32-21(29)25-17-10-15(2)20(24-13-17)26-8-4-5-16(14-26)23-7-6-18(11-19(28)12-23)27(23)22(30)31/h10,13,16,18-19,28H,3-9,11-12,14H2,1-2H3,(H,25,29)(H,30,31). The molecule has 3 aliphatic heterocycles. The summed E-state index contributed by atoms with van der Waals surface area (Å²) in [5, 5.41) is 23.1. The fraction of sp³-hybridized carbons (Fsp3) is 0.696. The number of hydrogen-bond acceptors (Lipinski definition) is 6. The van der Waals surface area contributed by atoms with Gasteiger partial charge in [-0.15, -0.1) is 0 Å². The number of amides is 2. The van der Waals surface area contributed by atoms with Gasteiger partial charge >= 0.3 is 12.2 Å².